The molecular formula is C15H20N2O. The van der Waals surface area contributed by atoms with Gasteiger partial charge in [-0.2, -0.15) is 0 Å². The number of benzene rings is 1. The Bertz CT molecular complexity index is 466. The molecule has 0 fully saturated rings. The molecule has 1 heterocycles. The minimum Gasteiger partial charge on any atom is -0.496 e. The van der Waals surface area contributed by atoms with Crippen LogP contribution < -0.4 is 15.0 Å². The monoisotopic (exact) mass is 244 g/mol. The van der Waals surface area contributed by atoms with E-state index >= 15 is 0 Å². The molecule has 0 unspecified atom stereocenters. The molecule has 3 heteroatoms. The summed E-state index contributed by atoms with van der Waals surface area (Å²) in [7, 11) is 1.73. The van der Waals surface area contributed by atoms with Gasteiger partial charge in [0.2, 0.25) is 0 Å². The fourth-order valence-corrected chi connectivity index (χ4v) is 2.30. The fraction of sp³-hybridized carbons (Fsp3) is 0.333. The van der Waals surface area contributed by atoms with Crippen molar-refractivity contribution in [2.75, 3.05) is 25.1 Å². The molecular weight excluding hydrogens is 224 g/mol. The van der Waals surface area contributed by atoms with Gasteiger partial charge in [0.25, 0.3) is 0 Å². The third-order valence-electron chi connectivity index (χ3n) is 3.14. The number of nitrogens with one attached hydrogen (secondary N) is 1. The van der Waals surface area contributed by atoms with Crippen LogP contribution in [0.3, 0.4) is 0 Å². The summed E-state index contributed by atoms with van der Waals surface area (Å²) < 4.78 is 5.40. The van der Waals surface area contributed by atoms with Crippen LogP contribution in [0.4, 0.5) is 5.69 Å². The van der Waals surface area contributed by atoms with Gasteiger partial charge in [0, 0.05) is 23.5 Å². The van der Waals surface area contributed by atoms with E-state index in [1.807, 2.05) is 31.3 Å². The maximum absolute atomic E-state index is 5.40. The number of rotatable bonds is 5. The SMILES string of the molecule is C=C(CN1CCc2c(OC)cccc21)N/C=C\C. The number of hydrogen-bond donors (Lipinski definition) is 1. The molecule has 1 N–H and O–H groups in total. The van der Waals surface area contributed by atoms with Gasteiger partial charge in [-0.1, -0.05) is 18.7 Å². The van der Waals surface area contributed by atoms with Crippen LogP contribution in [0, 0.1) is 0 Å². The maximum atomic E-state index is 5.40. The van der Waals surface area contributed by atoms with Crippen molar-refractivity contribution < 1.29 is 4.74 Å². The molecule has 1 aliphatic rings. The van der Waals surface area contributed by atoms with Crippen molar-refractivity contribution >= 4 is 5.69 Å². The molecule has 0 saturated carbocycles. The number of hydrogen-bond acceptors (Lipinski definition) is 3. The number of ether oxygens (including phenoxy) is 1. The maximum Gasteiger partial charge on any atom is 0.124 e. The van der Waals surface area contributed by atoms with E-state index in [1.165, 1.54) is 11.3 Å². The molecule has 1 aromatic rings. The first-order valence-corrected chi connectivity index (χ1v) is 6.22. The van der Waals surface area contributed by atoms with Crippen molar-refractivity contribution in [3.63, 3.8) is 0 Å². The third-order valence-corrected chi connectivity index (χ3v) is 3.14. The van der Waals surface area contributed by atoms with Crippen molar-refractivity contribution in [1.29, 1.82) is 0 Å². The van der Waals surface area contributed by atoms with Crippen LogP contribution in [-0.2, 0) is 6.42 Å². The highest BCUT2D eigenvalue weighted by Crippen LogP contribution is 2.34. The van der Waals surface area contributed by atoms with Gasteiger partial charge in [0.1, 0.15) is 5.75 Å². The second-order valence-electron chi connectivity index (χ2n) is 4.38. The van der Waals surface area contributed by atoms with E-state index in [0.717, 1.165) is 31.0 Å². The lowest BCUT2D eigenvalue weighted by atomic mass is 10.1. The molecule has 0 saturated heterocycles. The van der Waals surface area contributed by atoms with Gasteiger partial charge in [-0.05, 0) is 31.7 Å². The Hall–Kier alpha value is -1.90. The molecule has 0 aromatic heterocycles. The normalized spacial score (nSPS) is 13.8. The Morgan fingerprint density at radius 3 is 3.11 bits per heavy atom. The Kier molecular flexibility index (Phi) is 3.92. The van der Waals surface area contributed by atoms with E-state index in [9.17, 15) is 0 Å². The van der Waals surface area contributed by atoms with Crippen LogP contribution in [0.1, 0.15) is 12.5 Å². The molecule has 0 radical (unpaired) electrons. The summed E-state index contributed by atoms with van der Waals surface area (Å²) in [5, 5.41) is 3.17. The van der Waals surface area contributed by atoms with Crippen LogP contribution in [0.2, 0.25) is 0 Å². The lowest BCUT2D eigenvalue weighted by Crippen LogP contribution is -2.26. The second kappa shape index (κ2) is 5.63. The highest BCUT2D eigenvalue weighted by atomic mass is 16.5. The molecule has 0 atom stereocenters. The predicted molar refractivity (Wildman–Crippen MR) is 76.0 cm³/mol. The summed E-state index contributed by atoms with van der Waals surface area (Å²) in [5.41, 5.74) is 3.57. The van der Waals surface area contributed by atoms with Gasteiger partial charge < -0.3 is 15.0 Å². The molecule has 0 amide bonds. The Labute approximate surface area is 109 Å². The van der Waals surface area contributed by atoms with Crippen molar-refractivity contribution in [2.45, 2.75) is 13.3 Å². The second-order valence-corrected chi connectivity index (χ2v) is 4.38. The first kappa shape index (κ1) is 12.6. The van der Waals surface area contributed by atoms with Gasteiger partial charge in [-0.3, -0.25) is 0 Å². The lowest BCUT2D eigenvalue weighted by molar-refractivity contribution is 0.411. The Morgan fingerprint density at radius 2 is 2.39 bits per heavy atom. The summed E-state index contributed by atoms with van der Waals surface area (Å²) in [6.07, 6.45) is 4.91. The average Bonchev–Trinajstić information content (AvgIpc) is 2.79. The van der Waals surface area contributed by atoms with Crippen molar-refractivity contribution in [3.05, 3.63) is 48.3 Å². The van der Waals surface area contributed by atoms with E-state index in [2.05, 4.69) is 22.9 Å². The van der Waals surface area contributed by atoms with Crippen molar-refractivity contribution in [2.24, 2.45) is 0 Å². The largest absolute Gasteiger partial charge is 0.496 e. The van der Waals surface area contributed by atoms with Gasteiger partial charge >= 0.3 is 0 Å². The molecule has 1 aliphatic heterocycles. The van der Waals surface area contributed by atoms with Gasteiger partial charge in [0.05, 0.1) is 13.7 Å². The molecule has 2 rings (SSSR count). The molecule has 0 bridgehead atoms. The van der Waals surface area contributed by atoms with E-state index in [-0.39, 0.29) is 0 Å². The van der Waals surface area contributed by atoms with E-state index in [4.69, 9.17) is 4.74 Å². The van der Waals surface area contributed by atoms with Crippen LogP contribution in [0.15, 0.2) is 42.8 Å². The number of anilines is 1. The zero-order chi connectivity index (χ0) is 13.0. The van der Waals surface area contributed by atoms with Gasteiger partial charge in [-0.25, -0.2) is 0 Å². The molecule has 0 spiro atoms. The average molecular weight is 244 g/mol. The molecule has 3 nitrogen and oxygen atoms in total. The van der Waals surface area contributed by atoms with Gasteiger partial charge in [-0.15, -0.1) is 0 Å². The van der Waals surface area contributed by atoms with Gasteiger partial charge in [0.15, 0.2) is 0 Å². The minimum absolute atomic E-state index is 0.824. The number of allylic oxidation sites excluding steroid dienone is 1. The van der Waals surface area contributed by atoms with Crippen LogP contribution in [0.25, 0.3) is 0 Å². The predicted octanol–water partition coefficient (Wildman–Crippen LogP) is 2.69. The Balaban J connectivity index is 2.10. The zero-order valence-electron chi connectivity index (χ0n) is 11.1. The first-order valence-electron chi connectivity index (χ1n) is 6.22. The van der Waals surface area contributed by atoms with Crippen LogP contribution >= 0.6 is 0 Å². The molecule has 18 heavy (non-hydrogen) atoms. The summed E-state index contributed by atoms with van der Waals surface area (Å²) in [6.45, 7) is 7.86. The van der Waals surface area contributed by atoms with E-state index in [1.54, 1.807) is 7.11 Å². The highest BCUT2D eigenvalue weighted by molar-refractivity contribution is 5.63. The summed E-state index contributed by atoms with van der Waals surface area (Å²) >= 11 is 0. The zero-order valence-corrected chi connectivity index (χ0v) is 11.1. The van der Waals surface area contributed by atoms with Crippen molar-refractivity contribution in [3.8, 4) is 5.75 Å². The van der Waals surface area contributed by atoms with E-state index in [0.29, 0.717) is 0 Å². The fourth-order valence-electron chi connectivity index (χ4n) is 2.30. The number of nitrogens with zero attached hydrogens (tertiary/aromatic N) is 1. The number of methoxy groups -OCH3 is 1. The summed E-state index contributed by atoms with van der Waals surface area (Å²) in [6, 6.07) is 6.21. The molecule has 96 valence electrons. The summed E-state index contributed by atoms with van der Waals surface area (Å²) in [4.78, 5) is 2.33. The third kappa shape index (κ3) is 2.50. The van der Waals surface area contributed by atoms with Crippen LogP contribution in [-0.4, -0.2) is 20.2 Å². The first-order chi connectivity index (χ1) is 8.76. The smallest absolute Gasteiger partial charge is 0.124 e. The highest BCUT2D eigenvalue weighted by Gasteiger charge is 2.22. The van der Waals surface area contributed by atoms with E-state index < -0.39 is 0 Å². The molecule has 0 aliphatic carbocycles. The van der Waals surface area contributed by atoms with Crippen LogP contribution in [0.5, 0.6) is 5.75 Å². The minimum atomic E-state index is 0.824. The van der Waals surface area contributed by atoms with Crippen molar-refractivity contribution in [1.82, 2.24) is 5.32 Å². The quantitative estimate of drug-likeness (QED) is 0.862. The Morgan fingerprint density at radius 1 is 1.56 bits per heavy atom. The summed E-state index contributed by atoms with van der Waals surface area (Å²) in [5.74, 6) is 0.988. The standard InChI is InChI=1S/C15H20N2O/c1-4-9-16-12(2)11-17-10-8-13-14(17)6-5-7-15(13)18-3/h4-7,9,16H,2,8,10-11H2,1,3H3/b9-4-. The molecule has 1 aromatic carbocycles. The number of fused-ring (bicyclic) bond motifs is 1. The lowest BCUT2D eigenvalue weighted by Gasteiger charge is -2.20. The topological polar surface area (TPSA) is 24.5 Å².